The first-order chi connectivity index (χ1) is 57.3. The highest BCUT2D eigenvalue weighted by molar-refractivity contribution is 7.24. The average Bonchev–Trinajstić information content (AvgIpc) is 1.62. The number of hydrogen-bond acceptors (Lipinski definition) is 29. The summed E-state index contributed by atoms with van der Waals surface area (Å²) in [6.45, 7) is 1.10. The molecule has 13 heterocycles. The SMILES string of the molecule is COCCCc1cc2c(N)ncc(C(N)=O)c2s1.COCc1c(-c2ccccc2)sc2c(C(N)=O)cnc(N)c12.NC(=O)c1cnc(N)c2cc(-c3cscn3)sc12.NC(=O)c1cnc(N)c2cc(C(=O)c3ccccc3)sc12.NC(=O)c1cnc(N)c2cc(C3CCCCC3)sc12.NC(=O)c1cnc(N)c2cc(CCc3ccccc3)sc12. The van der Waals surface area contributed by atoms with Gasteiger partial charge in [0.2, 0.25) is 5.78 Å². The number of hydrogen-bond donors (Lipinski definition) is 12. The summed E-state index contributed by atoms with van der Waals surface area (Å²) >= 11 is 10.4. The Hall–Kier alpha value is -12.8. The van der Waals surface area contributed by atoms with Crippen molar-refractivity contribution in [2.75, 3.05) is 55.2 Å². The average molecular weight is 1730 g/mol. The first-order valence-electron chi connectivity index (χ1n) is 36.7. The summed E-state index contributed by atoms with van der Waals surface area (Å²) in [5.74, 6) is -0.0832. The molecule has 16 aromatic rings. The monoisotopic (exact) mass is 1720 g/mol. The second kappa shape index (κ2) is 38.9. The van der Waals surface area contributed by atoms with Gasteiger partial charge in [0.25, 0.3) is 35.4 Å². The van der Waals surface area contributed by atoms with Crippen LogP contribution < -0.4 is 68.8 Å². The molecule has 13 aromatic heterocycles. The van der Waals surface area contributed by atoms with Crippen molar-refractivity contribution < 1.29 is 43.0 Å². The van der Waals surface area contributed by atoms with Crippen molar-refractivity contribution in [3.63, 3.8) is 0 Å². The Kier molecular flexibility index (Phi) is 28.0. The van der Waals surface area contributed by atoms with Gasteiger partial charge >= 0.3 is 0 Å². The molecule has 119 heavy (non-hydrogen) atoms. The quantitative estimate of drug-likeness (QED) is 0.0249. The number of ketones is 1. The zero-order chi connectivity index (χ0) is 84.7. The molecule has 1 fully saturated rings. The molecular weight excluding hydrogens is 1640 g/mol. The zero-order valence-electron chi connectivity index (χ0n) is 64.1. The van der Waals surface area contributed by atoms with Crippen LogP contribution in [0.1, 0.15) is 148 Å². The molecule has 1 saturated carbocycles. The molecule has 0 saturated heterocycles. The molecule has 0 aliphatic heterocycles. The molecule has 35 heteroatoms. The second-order valence-electron chi connectivity index (χ2n) is 26.9. The van der Waals surface area contributed by atoms with Crippen LogP contribution in [0.15, 0.2) is 169 Å². The van der Waals surface area contributed by atoms with E-state index in [1.807, 2.05) is 78.2 Å². The fraction of sp³-hybridized carbons (Fsp3) is 0.167. The highest BCUT2D eigenvalue weighted by atomic mass is 32.1. The van der Waals surface area contributed by atoms with Crippen molar-refractivity contribution >= 4 is 216 Å². The number of thiophene rings is 6. The van der Waals surface area contributed by atoms with Crippen LogP contribution in [0.4, 0.5) is 34.9 Å². The van der Waals surface area contributed by atoms with Gasteiger partial charge in [-0.15, -0.1) is 79.4 Å². The summed E-state index contributed by atoms with van der Waals surface area (Å²) in [5.41, 5.74) is 76.4. The number of primary amides is 6. The van der Waals surface area contributed by atoms with E-state index in [0.29, 0.717) is 96.6 Å². The lowest BCUT2D eigenvalue weighted by atomic mass is 9.88. The number of ether oxygens (including phenoxy) is 2. The molecule has 0 spiro atoms. The van der Waals surface area contributed by atoms with E-state index in [1.54, 1.807) is 84.1 Å². The minimum Gasteiger partial charge on any atom is -0.385 e. The number of nitrogens with two attached hydrogens (primary N) is 12. The summed E-state index contributed by atoms with van der Waals surface area (Å²) in [6, 6.07) is 38.8. The Morgan fingerprint density at radius 3 is 1.33 bits per heavy atom. The maximum atomic E-state index is 12.4. The lowest BCUT2D eigenvalue weighted by Gasteiger charge is -2.19. The van der Waals surface area contributed by atoms with Gasteiger partial charge in [-0.25, -0.2) is 34.9 Å². The number of pyridine rings is 6. The summed E-state index contributed by atoms with van der Waals surface area (Å²) in [6.07, 6.45) is 18.6. The van der Waals surface area contributed by atoms with E-state index in [-0.39, 0.29) is 17.2 Å². The third-order valence-electron chi connectivity index (χ3n) is 19.0. The lowest BCUT2D eigenvalue weighted by Crippen LogP contribution is -2.12. The van der Waals surface area contributed by atoms with E-state index in [2.05, 4.69) is 53.1 Å². The van der Waals surface area contributed by atoms with Gasteiger partial charge in [0.05, 0.1) is 89.1 Å². The van der Waals surface area contributed by atoms with Crippen molar-refractivity contribution in [1.29, 1.82) is 0 Å². The molecule has 608 valence electrons. The number of rotatable bonds is 20. The van der Waals surface area contributed by atoms with E-state index < -0.39 is 35.4 Å². The zero-order valence-corrected chi connectivity index (χ0v) is 69.8. The van der Waals surface area contributed by atoms with Gasteiger partial charge in [-0.1, -0.05) is 110 Å². The second-order valence-corrected chi connectivity index (χ2v) is 34.1. The number of nitrogens with zero attached hydrogens (tertiary/aromatic N) is 7. The number of carbonyl (C=O) groups is 7. The minimum atomic E-state index is -0.590. The van der Waals surface area contributed by atoms with Gasteiger partial charge in [0.1, 0.15) is 34.9 Å². The highest BCUT2D eigenvalue weighted by Crippen LogP contribution is 2.45. The first kappa shape index (κ1) is 85.5. The Bertz CT molecular complexity index is 6420. The van der Waals surface area contributed by atoms with Crippen molar-refractivity contribution in [2.24, 2.45) is 34.4 Å². The van der Waals surface area contributed by atoms with Crippen LogP contribution >= 0.6 is 79.4 Å². The number of amides is 6. The molecule has 24 N–H and O–H groups in total. The maximum absolute atomic E-state index is 12.4. The Morgan fingerprint density at radius 1 is 0.420 bits per heavy atom. The number of aromatic nitrogens is 7. The molecule has 0 radical (unpaired) electrons. The number of fused-ring (bicyclic) bond motifs is 6. The molecule has 1 aliphatic carbocycles. The van der Waals surface area contributed by atoms with Gasteiger partial charge in [-0.2, -0.15) is 0 Å². The Balaban J connectivity index is 0.000000131. The number of methoxy groups -OCH3 is 2. The molecule has 0 atom stereocenters. The molecule has 28 nitrogen and oxygen atoms in total. The predicted molar refractivity (Wildman–Crippen MR) is 482 cm³/mol. The molecule has 0 unspecified atom stereocenters. The van der Waals surface area contributed by atoms with Crippen molar-refractivity contribution in [1.82, 2.24) is 34.9 Å². The fourth-order valence-electron chi connectivity index (χ4n) is 13.1. The summed E-state index contributed by atoms with van der Waals surface area (Å²) in [5, 5.41) is 6.53. The molecule has 3 aromatic carbocycles. The molecule has 0 bridgehead atoms. The number of aryl methyl sites for hydroxylation is 3. The smallest absolute Gasteiger partial charge is 0.251 e. The largest absolute Gasteiger partial charge is 0.385 e. The summed E-state index contributed by atoms with van der Waals surface area (Å²) < 4.78 is 15.0. The third kappa shape index (κ3) is 19.9. The van der Waals surface area contributed by atoms with Crippen LogP contribution in [-0.4, -0.2) is 96.9 Å². The van der Waals surface area contributed by atoms with Crippen LogP contribution in [0.2, 0.25) is 0 Å². The first-order valence-corrected chi connectivity index (χ1v) is 42.6. The number of nitrogen functional groups attached to an aromatic ring is 6. The van der Waals surface area contributed by atoms with Gasteiger partial charge in [0, 0.05) is 126 Å². The van der Waals surface area contributed by atoms with Gasteiger partial charge in [0.15, 0.2) is 0 Å². The van der Waals surface area contributed by atoms with Crippen LogP contribution in [0.5, 0.6) is 0 Å². The number of thiazole rings is 1. The topological polar surface area (TPSA) is 540 Å². The standard InChI is InChI=1S/C16H15N3O2S.C16H15N3OS.C15H11N3O2S.C14H17N3OS.C12H15N3O2S.C11H8N4OS2/c1-21-8-11-12-14(10(16(18)20)7-19-15(12)17)22-13(11)9-5-3-2-4-6-9;17-15-12-8-11(7-6-10-4-2-1-3-5-10)21-14(12)13(9-19-15)16(18)20;16-14-9-6-11(12(19)8-4-2-1-3-5-8)21-13(9)10(7-18-14)15(17)20;15-13-9-6-11(8-4-2-1-3-5-8)19-12(9)10(7-17-13)14(16)18;1-17-4-2-3-7-5-8-10(18-7)9(12(14)16)6-15-11(8)13;12-10-5-1-8(7-3-17-4-15-7)18-9(5)6(2-14-10)11(13)16/h2-7H,8H2,1H3,(H2,17,19)(H2,18,20);1-5,8-9H,6-7H2,(H2,17,19)(H2,18,20);1-7H,(H2,16,18)(H2,17,20);6-8H,1-5H2,(H2,15,17)(H2,16,18);5-6H,2-4H2,1H3,(H2,13,15)(H2,14,16);1-4H,(H2,12,14)(H2,13,16). The number of benzene rings is 3. The lowest BCUT2D eigenvalue weighted by molar-refractivity contribution is 0.0993. The third-order valence-corrected chi connectivity index (χ3v) is 27.1. The molecule has 1 aliphatic rings. The van der Waals surface area contributed by atoms with Crippen molar-refractivity contribution in [2.45, 2.75) is 70.3 Å². The van der Waals surface area contributed by atoms with Gasteiger partial charge in [-0.05, 0) is 85.9 Å². The van der Waals surface area contributed by atoms with Crippen LogP contribution in [-0.2, 0) is 35.3 Å². The number of anilines is 6. The molecule has 6 amide bonds. The van der Waals surface area contributed by atoms with Gasteiger partial charge < -0.3 is 78.3 Å². The van der Waals surface area contributed by atoms with Crippen molar-refractivity contribution in [3.05, 3.63) is 239 Å². The van der Waals surface area contributed by atoms with E-state index in [1.165, 1.54) is 130 Å². The number of carbonyl (C=O) groups excluding carboxylic acids is 7. The predicted octanol–water partition coefficient (Wildman–Crippen LogP) is 14.4. The van der Waals surface area contributed by atoms with Crippen LogP contribution in [0.3, 0.4) is 0 Å². The summed E-state index contributed by atoms with van der Waals surface area (Å²) in [7, 11) is 3.30. The minimum absolute atomic E-state index is 0.119. The van der Waals surface area contributed by atoms with Crippen LogP contribution in [0.25, 0.3) is 81.5 Å². The van der Waals surface area contributed by atoms with Crippen molar-refractivity contribution in [3.8, 4) is 21.0 Å². The molecular formula is C84H81N19O9S7. The van der Waals surface area contributed by atoms with E-state index in [9.17, 15) is 33.6 Å². The normalized spacial score (nSPS) is 11.8. The van der Waals surface area contributed by atoms with E-state index >= 15 is 0 Å². The highest BCUT2D eigenvalue weighted by Gasteiger charge is 2.25. The Morgan fingerprint density at radius 2 is 0.849 bits per heavy atom. The van der Waals surface area contributed by atoms with E-state index in [0.717, 1.165) is 108 Å². The summed E-state index contributed by atoms with van der Waals surface area (Å²) in [4.78, 5) is 116. The fourth-order valence-corrected chi connectivity index (χ4v) is 21.1. The van der Waals surface area contributed by atoms with E-state index in [4.69, 9.17) is 78.3 Å². The maximum Gasteiger partial charge on any atom is 0.251 e. The molecule has 17 rings (SSSR count). The Labute approximate surface area is 708 Å². The van der Waals surface area contributed by atoms with Crippen LogP contribution in [0, 0.1) is 0 Å². The van der Waals surface area contributed by atoms with Gasteiger partial charge in [-0.3, -0.25) is 33.6 Å².